The van der Waals surface area contributed by atoms with Crippen LogP contribution >= 0.6 is 15.9 Å². The van der Waals surface area contributed by atoms with Gasteiger partial charge in [-0.25, -0.2) is 0 Å². The number of nitrogens with zero attached hydrogens (tertiary/aromatic N) is 1. The molecule has 0 aliphatic carbocycles. The molecule has 0 aliphatic rings. The number of quaternary nitrogens is 1. The summed E-state index contributed by atoms with van der Waals surface area (Å²) in [5.74, 6) is 0. The van der Waals surface area contributed by atoms with Crippen LogP contribution in [0.5, 0.6) is 0 Å². The van der Waals surface area contributed by atoms with Crippen LogP contribution in [0.3, 0.4) is 0 Å². The Morgan fingerprint density at radius 3 is 1.62 bits per heavy atom. The van der Waals surface area contributed by atoms with Crippen LogP contribution in [-0.2, 0) is 0 Å². The molecule has 0 aromatic carbocycles. The highest BCUT2D eigenvalue weighted by atomic mass is 79.9. The molecule has 0 saturated heterocycles. The highest BCUT2D eigenvalue weighted by Crippen LogP contribution is 1.90. The second-order valence-corrected chi connectivity index (χ2v) is 3.50. The van der Waals surface area contributed by atoms with Crippen LogP contribution < -0.4 is 12.4 Å². The zero-order valence-corrected chi connectivity index (χ0v) is 7.96. The number of hydrogen-bond acceptors (Lipinski definition) is 0. The molecule has 0 heterocycles. The molecule has 0 saturated carbocycles. The van der Waals surface area contributed by atoms with E-state index in [0.29, 0.717) is 0 Å². The monoisotopic (exact) mass is 201 g/mol. The molecule has 52 valence electrons. The van der Waals surface area contributed by atoms with Crippen LogP contribution in [0.2, 0.25) is 0 Å². The van der Waals surface area contributed by atoms with Crippen LogP contribution in [0.4, 0.5) is 0 Å². The Kier molecular flexibility index (Phi) is 6.61. The molecule has 3 heteroatoms. The van der Waals surface area contributed by atoms with Crippen molar-refractivity contribution >= 4 is 15.9 Å². The Balaban J connectivity index is 0. The fraction of sp³-hybridized carbons (Fsp3) is 1.00. The van der Waals surface area contributed by atoms with Gasteiger partial charge in [-0.1, -0.05) is 15.9 Å². The molecular weight excluding hydrogens is 189 g/mol. The summed E-state index contributed by atoms with van der Waals surface area (Å²) < 4.78 is 1.05. The van der Waals surface area contributed by atoms with E-state index in [9.17, 15) is 0 Å². The molecule has 0 aromatic rings. The molecule has 0 radical (unpaired) electrons. The first kappa shape index (κ1) is 11.5. The first-order chi connectivity index (χ1) is 3.06. The van der Waals surface area contributed by atoms with Gasteiger partial charge in [0.05, 0.1) is 33.0 Å². The van der Waals surface area contributed by atoms with Gasteiger partial charge >= 0.3 is 0 Å². The summed E-state index contributed by atoms with van der Waals surface area (Å²) >= 11 is 3.37. The Labute approximate surface area is 66.2 Å². The predicted octanol–water partition coefficient (Wildman–Crippen LogP) is -1.91. The first-order valence-electron chi connectivity index (χ1n) is 2.43. The molecule has 0 N–H and O–H groups in total. The number of alkyl halides is 1. The summed E-state index contributed by atoms with van der Waals surface area (Å²) in [4.78, 5) is 0. The lowest BCUT2D eigenvalue weighted by molar-refractivity contribution is -0.867. The predicted molar refractivity (Wildman–Crippen MR) is 36.7 cm³/mol. The third-order valence-electron chi connectivity index (χ3n) is 0.755. The number of rotatable bonds is 2. The van der Waals surface area contributed by atoms with Crippen molar-refractivity contribution in [3.63, 3.8) is 0 Å². The molecule has 0 atom stereocenters. The molecule has 0 rings (SSSR count). The van der Waals surface area contributed by atoms with Crippen molar-refractivity contribution in [3.8, 4) is 0 Å². The average molecular weight is 203 g/mol. The largest absolute Gasteiger partial charge is 1.00 e. The van der Waals surface area contributed by atoms with Crippen molar-refractivity contribution in [2.45, 2.75) is 0 Å². The lowest BCUT2D eigenvalue weighted by Gasteiger charge is -2.21. The van der Waals surface area contributed by atoms with Gasteiger partial charge < -0.3 is 16.9 Å². The van der Waals surface area contributed by atoms with Gasteiger partial charge in [-0.05, 0) is 0 Å². The van der Waals surface area contributed by atoms with E-state index in [2.05, 4.69) is 37.1 Å². The van der Waals surface area contributed by atoms with Gasteiger partial charge in [0.2, 0.25) is 0 Å². The molecule has 1 nitrogen and oxygen atoms in total. The molecule has 0 unspecified atom stereocenters. The Bertz CT molecular complexity index is 50.9. The second kappa shape index (κ2) is 4.59. The fourth-order valence-corrected chi connectivity index (χ4v) is 1.32. The molecule has 0 bridgehead atoms. The van der Waals surface area contributed by atoms with Gasteiger partial charge in [0.25, 0.3) is 0 Å². The van der Waals surface area contributed by atoms with E-state index in [1.807, 2.05) is 0 Å². The zero-order chi connectivity index (χ0) is 5.91. The standard InChI is InChI=1S/C5H13BrN.ClH/c1-7(2,3)5-4-6;/h4-5H2,1-3H3;1H/q+1;/p-1. The lowest BCUT2D eigenvalue weighted by atomic mass is 10.6. The van der Waals surface area contributed by atoms with Crippen molar-refractivity contribution in [3.05, 3.63) is 0 Å². The Morgan fingerprint density at radius 2 is 1.62 bits per heavy atom. The molecule has 0 aromatic heterocycles. The minimum Gasteiger partial charge on any atom is -1.00 e. The lowest BCUT2D eigenvalue weighted by Crippen LogP contribution is -3.00. The fourth-order valence-electron chi connectivity index (χ4n) is 0.254. The summed E-state index contributed by atoms with van der Waals surface area (Å²) in [5, 5.41) is 1.09. The van der Waals surface area contributed by atoms with Gasteiger partial charge in [-0.15, -0.1) is 0 Å². The SMILES string of the molecule is C[N+](C)(C)CCBr.[Cl-]. The van der Waals surface area contributed by atoms with E-state index in [1.165, 1.54) is 6.54 Å². The molecule has 0 spiro atoms. The molecule has 8 heavy (non-hydrogen) atoms. The topological polar surface area (TPSA) is 0 Å². The van der Waals surface area contributed by atoms with Crippen molar-refractivity contribution < 1.29 is 16.9 Å². The van der Waals surface area contributed by atoms with Crippen LogP contribution in [0.25, 0.3) is 0 Å². The summed E-state index contributed by atoms with van der Waals surface area (Å²) in [5.41, 5.74) is 0. The number of halogens is 2. The second-order valence-electron chi connectivity index (χ2n) is 2.70. The van der Waals surface area contributed by atoms with E-state index in [1.54, 1.807) is 0 Å². The zero-order valence-electron chi connectivity index (χ0n) is 5.62. The maximum absolute atomic E-state index is 3.37. The normalized spacial score (nSPS) is 10.5. The van der Waals surface area contributed by atoms with Crippen molar-refractivity contribution in [2.24, 2.45) is 0 Å². The van der Waals surface area contributed by atoms with Crippen LogP contribution in [0.15, 0.2) is 0 Å². The molecular formula is C5H13BrClN. The van der Waals surface area contributed by atoms with E-state index in [-0.39, 0.29) is 12.4 Å². The van der Waals surface area contributed by atoms with Crippen molar-refractivity contribution in [2.75, 3.05) is 33.0 Å². The number of hydrogen-bond donors (Lipinski definition) is 0. The van der Waals surface area contributed by atoms with Crippen LogP contribution in [0, 0.1) is 0 Å². The third kappa shape index (κ3) is 9.88. The highest BCUT2D eigenvalue weighted by Gasteiger charge is 2.02. The summed E-state index contributed by atoms with van der Waals surface area (Å²) in [6, 6.07) is 0. The highest BCUT2D eigenvalue weighted by molar-refractivity contribution is 9.09. The third-order valence-corrected chi connectivity index (χ3v) is 1.11. The molecule has 0 amide bonds. The van der Waals surface area contributed by atoms with E-state index in [4.69, 9.17) is 0 Å². The van der Waals surface area contributed by atoms with E-state index >= 15 is 0 Å². The van der Waals surface area contributed by atoms with Crippen molar-refractivity contribution in [1.29, 1.82) is 0 Å². The van der Waals surface area contributed by atoms with Gasteiger partial charge in [0.1, 0.15) is 0 Å². The van der Waals surface area contributed by atoms with Gasteiger partial charge in [-0.3, -0.25) is 0 Å². The summed E-state index contributed by atoms with van der Waals surface area (Å²) in [7, 11) is 6.55. The van der Waals surface area contributed by atoms with Gasteiger partial charge in [0.15, 0.2) is 0 Å². The van der Waals surface area contributed by atoms with Gasteiger partial charge in [0, 0.05) is 0 Å². The minimum absolute atomic E-state index is 0. The average Bonchev–Trinajstić information content (AvgIpc) is 1.30. The Hall–Kier alpha value is 0.730. The first-order valence-corrected chi connectivity index (χ1v) is 3.55. The maximum Gasteiger partial charge on any atom is 0.0878 e. The molecule has 0 fully saturated rings. The van der Waals surface area contributed by atoms with Gasteiger partial charge in [-0.2, -0.15) is 0 Å². The van der Waals surface area contributed by atoms with E-state index in [0.717, 1.165) is 9.81 Å². The minimum atomic E-state index is 0. The van der Waals surface area contributed by atoms with Crippen LogP contribution in [-0.4, -0.2) is 37.5 Å². The summed E-state index contributed by atoms with van der Waals surface area (Å²) in [6.07, 6.45) is 0. The van der Waals surface area contributed by atoms with Crippen molar-refractivity contribution in [1.82, 2.24) is 0 Å². The Morgan fingerprint density at radius 1 is 1.25 bits per heavy atom. The maximum atomic E-state index is 3.37. The quantitative estimate of drug-likeness (QED) is 0.362. The van der Waals surface area contributed by atoms with Crippen LogP contribution in [0.1, 0.15) is 0 Å². The summed E-state index contributed by atoms with van der Waals surface area (Å²) in [6.45, 7) is 1.19. The molecule has 0 aliphatic heterocycles. The smallest absolute Gasteiger partial charge is 0.0878 e. The van der Waals surface area contributed by atoms with E-state index < -0.39 is 0 Å².